The Balaban J connectivity index is 1.74. The molecule has 0 spiro atoms. The predicted octanol–water partition coefficient (Wildman–Crippen LogP) is 3.51. The van der Waals surface area contributed by atoms with Crippen LogP contribution in [0.15, 0.2) is 10.6 Å². The topological polar surface area (TPSA) is 47.3 Å². The van der Waals surface area contributed by atoms with E-state index in [0.29, 0.717) is 18.8 Å². The Kier molecular flexibility index (Phi) is 5.61. The van der Waals surface area contributed by atoms with Crippen molar-refractivity contribution in [1.82, 2.24) is 10.5 Å². The molecule has 1 aliphatic rings. The highest BCUT2D eigenvalue weighted by Gasteiger charge is 2.25. The van der Waals surface area contributed by atoms with Crippen LogP contribution in [0, 0.1) is 11.8 Å². The van der Waals surface area contributed by atoms with Crippen LogP contribution in [0.2, 0.25) is 0 Å². The molecule has 1 saturated carbocycles. The first kappa shape index (κ1) is 15.5. The third-order valence-electron chi connectivity index (χ3n) is 4.31. The predicted molar refractivity (Wildman–Crippen MR) is 79.2 cm³/mol. The highest BCUT2D eigenvalue weighted by Crippen LogP contribution is 2.31. The minimum absolute atomic E-state index is 0.378. The van der Waals surface area contributed by atoms with Crippen molar-refractivity contribution in [2.75, 3.05) is 0 Å². The minimum Gasteiger partial charge on any atom is -0.370 e. The fourth-order valence-electron chi connectivity index (χ4n) is 2.67. The molecule has 0 radical (unpaired) electrons. The average Bonchev–Trinajstić information content (AvgIpc) is 2.86. The van der Waals surface area contributed by atoms with E-state index < -0.39 is 0 Å². The zero-order valence-electron chi connectivity index (χ0n) is 13.2. The van der Waals surface area contributed by atoms with Crippen LogP contribution in [0.4, 0.5) is 0 Å². The second-order valence-electron chi connectivity index (χ2n) is 6.52. The van der Waals surface area contributed by atoms with Crippen LogP contribution in [-0.2, 0) is 17.9 Å². The molecule has 1 heterocycles. The van der Waals surface area contributed by atoms with Gasteiger partial charge < -0.3 is 14.6 Å². The number of aromatic nitrogens is 1. The third kappa shape index (κ3) is 4.60. The maximum atomic E-state index is 5.97. The first-order valence-corrected chi connectivity index (χ1v) is 7.84. The molecule has 0 aromatic carbocycles. The Hall–Kier alpha value is -0.870. The van der Waals surface area contributed by atoms with E-state index >= 15 is 0 Å². The van der Waals surface area contributed by atoms with Crippen molar-refractivity contribution in [3.63, 3.8) is 0 Å². The van der Waals surface area contributed by atoms with Gasteiger partial charge in [-0.3, -0.25) is 0 Å². The summed E-state index contributed by atoms with van der Waals surface area (Å²) in [5.74, 6) is 2.42. The quantitative estimate of drug-likeness (QED) is 0.866. The van der Waals surface area contributed by atoms with Crippen molar-refractivity contribution in [2.45, 2.75) is 72.3 Å². The standard InChI is InChI=1S/C16H28N2O2/c1-11(2)17-9-14-8-16(20-18-14)10-19-15-6-5-12(3)13(4)7-15/h8,11-13,15,17H,5-7,9-10H2,1-4H3. The van der Waals surface area contributed by atoms with Gasteiger partial charge in [0.1, 0.15) is 6.61 Å². The minimum atomic E-state index is 0.378. The molecule has 3 atom stereocenters. The molecule has 0 amide bonds. The molecule has 1 N–H and O–H groups in total. The van der Waals surface area contributed by atoms with Gasteiger partial charge in [-0.05, 0) is 31.1 Å². The van der Waals surface area contributed by atoms with E-state index in [9.17, 15) is 0 Å². The molecule has 0 saturated heterocycles. The summed E-state index contributed by atoms with van der Waals surface area (Å²) in [6.45, 7) is 10.2. The number of hydrogen-bond donors (Lipinski definition) is 1. The summed E-state index contributed by atoms with van der Waals surface area (Å²) < 4.78 is 11.3. The van der Waals surface area contributed by atoms with Crippen LogP contribution in [0.5, 0.6) is 0 Å². The molecule has 1 aromatic heterocycles. The fraction of sp³-hybridized carbons (Fsp3) is 0.812. The number of rotatable bonds is 6. The largest absolute Gasteiger partial charge is 0.370 e. The highest BCUT2D eigenvalue weighted by atomic mass is 16.5. The zero-order valence-corrected chi connectivity index (χ0v) is 13.2. The van der Waals surface area contributed by atoms with Crippen molar-refractivity contribution >= 4 is 0 Å². The van der Waals surface area contributed by atoms with Crippen molar-refractivity contribution in [3.05, 3.63) is 17.5 Å². The van der Waals surface area contributed by atoms with Crippen LogP contribution >= 0.6 is 0 Å². The van der Waals surface area contributed by atoms with Gasteiger partial charge in [-0.1, -0.05) is 32.9 Å². The first-order chi connectivity index (χ1) is 9.54. The van der Waals surface area contributed by atoms with Crippen LogP contribution < -0.4 is 5.32 Å². The third-order valence-corrected chi connectivity index (χ3v) is 4.31. The average molecular weight is 280 g/mol. The smallest absolute Gasteiger partial charge is 0.162 e. The number of ether oxygens (including phenoxy) is 1. The summed E-state index contributed by atoms with van der Waals surface area (Å²) in [5.41, 5.74) is 0.947. The van der Waals surface area contributed by atoms with E-state index in [1.807, 2.05) is 6.07 Å². The van der Waals surface area contributed by atoms with Gasteiger partial charge in [-0.15, -0.1) is 0 Å². The van der Waals surface area contributed by atoms with E-state index in [1.54, 1.807) is 0 Å². The molecule has 2 rings (SSSR count). The number of hydrogen-bond acceptors (Lipinski definition) is 4. The lowest BCUT2D eigenvalue weighted by molar-refractivity contribution is -0.0155. The lowest BCUT2D eigenvalue weighted by atomic mass is 9.80. The molecule has 3 unspecified atom stereocenters. The Morgan fingerprint density at radius 1 is 1.35 bits per heavy atom. The summed E-state index contributed by atoms with van der Waals surface area (Å²) in [6.07, 6.45) is 3.98. The van der Waals surface area contributed by atoms with Crippen LogP contribution in [0.3, 0.4) is 0 Å². The van der Waals surface area contributed by atoms with Crippen LogP contribution in [0.1, 0.15) is 58.4 Å². The molecule has 0 aliphatic heterocycles. The molecule has 4 nitrogen and oxygen atoms in total. The summed E-state index contributed by atoms with van der Waals surface area (Å²) in [4.78, 5) is 0. The van der Waals surface area contributed by atoms with Crippen molar-refractivity contribution < 1.29 is 9.26 Å². The first-order valence-electron chi connectivity index (χ1n) is 7.84. The lowest BCUT2D eigenvalue weighted by Crippen LogP contribution is -2.26. The van der Waals surface area contributed by atoms with E-state index in [-0.39, 0.29) is 0 Å². The van der Waals surface area contributed by atoms with Gasteiger partial charge in [0, 0.05) is 18.7 Å². The second-order valence-corrected chi connectivity index (χ2v) is 6.52. The van der Waals surface area contributed by atoms with Crippen LogP contribution in [0.25, 0.3) is 0 Å². The molecule has 1 aromatic rings. The van der Waals surface area contributed by atoms with Gasteiger partial charge in [0.25, 0.3) is 0 Å². The Bertz CT molecular complexity index is 403. The van der Waals surface area contributed by atoms with Crippen molar-refractivity contribution in [3.8, 4) is 0 Å². The molecule has 1 aliphatic carbocycles. The molecule has 1 fully saturated rings. The van der Waals surface area contributed by atoms with Crippen molar-refractivity contribution in [2.24, 2.45) is 11.8 Å². The maximum Gasteiger partial charge on any atom is 0.162 e. The van der Waals surface area contributed by atoms with Crippen molar-refractivity contribution in [1.29, 1.82) is 0 Å². The molecule has 20 heavy (non-hydrogen) atoms. The van der Waals surface area contributed by atoms with E-state index in [1.165, 1.54) is 12.8 Å². The van der Waals surface area contributed by atoms with Crippen LogP contribution in [-0.4, -0.2) is 17.3 Å². The SMILES string of the molecule is CC(C)NCc1cc(COC2CCC(C)C(C)C2)on1. The number of nitrogens with one attached hydrogen (secondary N) is 1. The van der Waals surface area contributed by atoms with E-state index in [2.05, 4.69) is 38.2 Å². The summed E-state index contributed by atoms with van der Waals surface area (Å²) in [5, 5.41) is 7.39. The Morgan fingerprint density at radius 2 is 2.15 bits per heavy atom. The van der Waals surface area contributed by atoms with Gasteiger partial charge in [0.15, 0.2) is 5.76 Å². The molecule has 4 heteroatoms. The number of nitrogens with zero attached hydrogens (tertiary/aromatic N) is 1. The molecular formula is C16H28N2O2. The maximum absolute atomic E-state index is 5.97. The van der Waals surface area contributed by atoms with Gasteiger partial charge in [0.2, 0.25) is 0 Å². The van der Waals surface area contributed by atoms with Gasteiger partial charge >= 0.3 is 0 Å². The second kappa shape index (κ2) is 7.23. The summed E-state index contributed by atoms with van der Waals surface area (Å²) in [6, 6.07) is 2.45. The molecule has 114 valence electrons. The Morgan fingerprint density at radius 3 is 2.85 bits per heavy atom. The summed E-state index contributed by atoms with van der Waals surface area (Å²) in [7, 11) is 0. The lowest BCUT2D eigenvalue weighted by Gasteiger charge is -2.31. The van der Waals surface area contributed by atoms with E-state index in [4.69, 9.17) is 9.26 Å². The monoisotopic (exact) mass is 280 g/mol. The van der Waals surface area contributed by atoms with Gasteiger partial charge in [-0.25, -0.2) is 0 Å². The highest BCUT2D eigenvalue weighted by molar-refractivity contribution is 5.04. The van der Waals surface area contributed by atoms with Gasteiger partial charge in [-0.2, -0.15) is 0 Å². The summed E-state index contributed by atoms with van der Waals surface area (Å²) >= 11 is 0. The van der Waals surface area contributed by atoms with Gasteiger partial charge in [0.05, 0.1) is 11.8 Å². The normalized spacial score (nSPS) is 27.1. The molecular weight excluding hydrogens is 252 g/mol. The van der Waals surface area contributed by atoms with E-state index in [0.717, 1.165) is 36.3 Å². The zero-order chi connectivity index (χ0) is 14.5. The molecule has 0 bridgehead atoms. The Labute approximate surface area is 122 Å². The fourth-order valence-corrected chi connectivity index (χ4v) is 2.67.